The van der Waals surface area contributed by atoms with E-state index in [1.165, 1.54) is 4.90 Å². The Labute approximate surface area is 154 Å². The van der Waals surface area contributed by atoms with Gasteiger partial charge < -0.3 is 19.5 Å². The van der Waals surface area contributed by atoms with Crippen molar-refractivity contribution >= 4 is 11.7 Å². The number of aliphatic hydroxyl groups is 1. The minimum Gasteiger partial charge on any atom is -0.503 e. The zero-order valence-electron chi connectivity index (χ0n) is 15.8. The number of carbonyl (C=O) groups excluding carboxylic acids is 2. The molecule has 1 N–H and O–H groups in total. The predicted molar refractivity (Wildman–Crippen MR) is 98.1 cm³/mol. The molecule has 6 heteroatoms. The Morgan fingerprint density at radius 1 is 1.27 bits per heavy atom. The van der Waals surface area contributed by atoms with Gasteiger partial charge in [-0.15, -0.1) is 0 Å². The summed E-state index contributed by atoms with van der Waals surface area (Å²) in [5.41, 5.74) is 0.850. The van der Waals surface area contributed by atoms with Gasteiger partial charge in [-0.25, -0.2) is 0 Å². The van der Waals surface area contributed by atoms with Gasteiger partial charge in [-0.2, -0.15) is 0 Å². The maximum Gasteiger partial charge on any atom is 0.290 e. The van der Waals surface area contributed by atoms with Gasteiger partial charge in [0.1, 0.15) is 5.75 Å². The van der Waals surface area contributed by atoms with Crippen LogP contribution in [0.2, 0.25) is 0 Å². The van der Waals surface area contributed by atoms with E-state index in [1.807, 2.05) is 32.0 Å². The number of benzene rings is 1. The number of hydrogen-bond donors (Lipinski definition) is 1. The molecule has 1 aliphatic heterocycles. The molecular formula is C20H27NO5. The average Bonchev–Trinajstić information content (AvgIpc) is 2.86. The summed E-state index contributed by atoms with van der Waals surface area (Å²) in [5.74, 6) is -0.491. The quantitative estimate of drug-likeness (QED) is 0.684. The number of rotatable bonds is 9. The van der Waals surface area contributed by atoms with Crippen molar-refractivity contribution in [3.8, 4) is 5.75 Å². The topological polar surface area (TPSA) is 76.1 Å². The van der Waals surface area contributed by atoms with E-state index in [0.717, 1.165) is 0 Å². The van der Waals surface area contributed by atoms with Crippen LogP contribution in [0.15, 0.2) is 35.6 Å². The van der Waals surface area contributed by atoms with Crippen LogP contribution >= 0.6 is 0 Å². The van der Waals surface area contributed by atoms with Crippen LogP contribution in [0.3, 0.4) is 0 Å². The number of nitrogens with zero attached hydrogens (tertiary/aromatic N) is 1. The third-order valence-corrected chi connectivity index (χ3v) is 4.38. The zero-order chi connectivity index (χ0) is 19.3. The maximum atomic E-state index is 12.8. The van der Waals surface area contributed by atoms with Gasteiger partial charge in [-0.05, 0) is 18.4 Å². The van der Waals surface area contributed by atoms with Gasteiger partial charge in [0.15, 0.2) is 11.5 Å². The lowest BCUT2D eigenvalue weighted by molar-refractivity contribution is -0.129. The molecule has 26 heavy (non-hydrogen) atoms. The van der Waals surface area contributed by atoms with E-state index in [1.54, 1.807) is 20.3 Å². The Bertz CT molecular complexity index is 695. The van der Waals surface area contributed by atoms with Crippen molar-refractivity contribution < 1.29 is 24.2 Å². The van der Waals surface area contributed by atoms with Crippen LogP contribution in [0.25, 0.3) is 0 Å². The van der Waals surface area contributed by atoms with Crippen LogP contribution in [-0.4, -0.2) is 49.1 Å². The van der Waals surface area contributed by atoms with E-state index < -0.39 is 17.7 Å². The number of hydrogen-bond acceptors (Lipinski definition) is 5. The summed E-state index contributed by atoms with van der Waals surface area (Å²) in [7, 11) is 3.14. The first-order valence-corrected chi connectivity index (χ1v) is 8.81. The van der Waals surface area contributed by atoms with E-state index in [0.29, 0.717) is 30.9 Å². The standard InChI is InChI=1S/C20H27NO5/c1-13(2)12-15(22)17-18(14-8-5-6-9-16(14)26-4)21(10-7-11-25-3)20(24)19(17)23/h5-6,8-9,13,18,23H,7,10-12H2,1-4H3. The molecule has 142 valence electrons. The second-order valence-electron chi connectivity index (χ2n) is 6.77. The molecule has 1 heterocycles. The number of carbonyl (C=O) groups is 2. The lowest BCUT2D eigenvalue weighted by Crippen LogP contribution is -2.33. The number of Topliss-reactive ketones (excluding diaryl/α,β-unsaturated/α-hetero) is 1. The molecule has 1 aromatic carbocycles. The summed E-state index contributed by atoms with van der Waals surface area (Å²) < 4.78 is 10.5. The Hall–Kier alpha value is -2.34. The number of ketones is 1. The lowest BCUT2D eigenvalue weighted by atomic mass is 9.91. The third kappa shape index (κ3) is 4.07. The molecule has 0 aromatic heterocycles. The van der Waals surface area contributed by atoms with Crippen molar-refractivity contribution in [3.63, 3.8) is 0 Å². The molecule has 1 atom stereocenters. The monoisotopic (exact) mass is 361 g/mol. The summed E-state index contributed by atoms with van der Waals surface area (Å²) in [4.78, 5) is 27.0. The van der Waals surface area contributed by atoms with Crippen LogP contribution < -0.4 is 4.74 Å². The van der Waals surface area contributed by atoms with Crippen molar-refractivity contribution in [2.75, 3.05) is 27.4 Å². The number of ether oxygens (including phenoxy) is 2. The Morgan fingerprint density at radius 3 is 2.58 bits per heavy atom. The van der Waals surface area contributed by atoms with Gasteiger partial charge in [-0.3, -0.25) is 9.59 Å². The molecule has 0 bridgehead atoms. The number of para-hydroxylation sites is 1. The molecule has 1 aliphatic rings. The van der Waals surface area contributed by atoms with Gasteiger partial charge in [-0.1, -0.05) is 32.0 Å². The van der Waals surface area contributed by atoms with Gasteiger partial charge >= 0.3 is 0 Å². The first kappa shape index (κ1) is 20.0. The van der Waals surface area contributed by atoms with Crippen LogP contribution in [0, 0.1) is 5.92 Å². The third-order valence-electron chi connectivity index (χ3n) is 4.38. The number of aliphatic hydroxyl groups excluding tert-OH is 1. The van der Waals surface area contributed by atoms with Crippen LogP contribution in [0.1, 0.15) is 38.3 Å². The van der Waals surface area contributed by atoms with E-state index >= 15 is 0 Å². The second kappa shape index (κ2) is 8.85. The summed E-state index contributed by atoms with van der Waals surface area (Å²) in [6, 6.07) is 6.61. The fourth-order valence-corrected chi connectivity index (χ4v) is 3.24. The molecule has 0 radical (unpaired) electrons. The van der Waals surface area contributed by atoms with Crippen molar-refractivity contribution in [1.82, 2.24) is 4.90 Å². The minimum absolute atomic E-state index is 0.124. The molecule has 0 aliphatic carbocycles. The molecule has 6 nitrogen and oxygen atoms in total. The molecule has 0 spiro atoms. The highest BCUT2D eigenvalue weighted by Gasteiger charge is 2.44. The fraction of sp³-hybridized carbons (Fsp3) is 0.500. The highest BCUT2D eigenvalue weighted by molar-refractivity contribution is 6.09. The van der Waals surface area contributed by atoms with Gasteiger partial charge in [0, 0.05) is 32.2 Å². The van der Waals surface area contributed by atoms with Crippen molar-refractivity contribution in [3.05, 3.63) is 41.2 Å². The summed E-state index contributed by atoms with van der Waals surface area (Å²) in [6.45, 7) is 4.72. The van der Waals surface area contributed by atoms with Crippen LogP contribution in [-0.2, 0) is 14.3 Å². The molecule has 1 unspecified atom stereocenters. The molecule has 0 saturated carbocycles. The van der Waals surface area contributed by atoms with Crippen molar-refractivity contribution in [2.45, 2.75) is 32.7 Å². The smallest absolute Gasteiger partial charge is 0.290 e. The van der Waals surface area contributed by atoms with Crippen molar-refractivity contribution in [1.29, 1.82) is 0 Å². The molecule has 1 aromatic rings. The second-order valence-corrected chi connectivity index (χ2v) is 6.77. The molecule has 2 rings (SSSR count). The molecule has 0 saturated heterocycles. The van der Waals surface area contributed by atoms with Crippen LogP contribution in [0.4, 0.5) is 0 Å². The minimum atomic E-state index is -0.651. The Morgan fingerprint density at radius 2 is 1.96 bits per heavy atom. The van der Waals surface area contributed by atoms with E-state index in [-0.39, 0.29) is 23.7 Å². The van der Waals surface area contributed by atoms with Crippen LogP contribution in [0.5, 0.6) is 5.75 Å². The van der Waals surface area contributed by atoms with Gasteiger partial charge in [0.2, 0.25) is 0 Å². The van der Waals surface area contributed by atoms with E-state index in [2.05, 4.69) is 0 Å². The SMILES string of the molecule is COCCCN1C(=O)C(O)=C(C(=O)CC(C)C)C1c1ccccc1OC. The normalized spacial score (nSPS) is 17.3. The molecule has 1 amide bonds. The van der Waals surface area contributed by atoms with E-state index in [9.17, 15) is 14.7 Å². The lowest BCUT2D eigenvalue weighted by Gasteiger charge is -2.28. The fourth-order valence-electron chi connectivity index (χ4n) is 3.24. The molecule has 0 fully saturated rings. The highest BCUT2D eigenvalue weighted by atomic mass is 16.5. The summed E-state index contributed by atoms with van der Waals surface area (Å²) in [5, 5.41) is 10.5. The number of amides is 1. The highest BCUT2D eigenvalue weighted by Crippen LogP contribution is 2.42. The largest absolute Gasteiger partial charge is 0.503 e. The average molecular weight is 361 g/mol. The van der Waals surface area contributed by atoms with Gasteiger partial charge in [0.05, 0.1) is 18.7 Å². The summed E-state index contributed by atoms with van der Waals surface area (Å²) >= 11 is 0. The predicted octanol–water partition coefficient (Wildman–Crippen LogP) is 3.04. The number of methoxy groups -OCH3 is 2. The van der Waals surface area contributed by atoms with E-state index in [4.69, 9.17) is 9.47 Å². The maximum absolute atomic E-state index is 12.8. The molecular weight excluding hydrogens is 334 g/mol. The Kier molecular flexibility index (Phi) is 6.80. The first-order chi connectivity index (χ1) is 12.4. The summed E-state index contributed by atoms with van der Waals surface area (Å²) in [6.07, 6.45) is 0.872. The van der Waals surface area contributed by atoms with Crippen molar-refractivity contribution in [2.24, 2.45) is 5.92 Å². The first-order valence-electron chi connectivity index (χ1n) is 8.81. The zero-order valence-corrected chi connectivity index (χ0v) is 15.8. The Balaban J connectivity index is 2.49. The van der Waals surface area contributed by atoms with Gasteiger partial charge in [0.25, 0.3) is 5.91 Å².